The van der Waals surface area contributed by atoms with E-state index in [1.807, 2.05) is 0 Å². The van der Waals surface area contributed by atoms with Gasteiger partial charge in [-0.05, 0) is 38.1 Å². The first-order chi connectivity index (χ1) is 15.6. The third-order valence-electron chi connectivity index (χ3n) is 5.34. The SMILES string of the molecule is CC(=O)O[C@@H]1[C@H]2OC(C)(C)O[C@H]2O[C@@H]1C(=O)c1cnc2sc(C(=O)c3ccc(Br)cc3)cn12. The van der Waals surface area contributed by atoms with E-state index in [9.17, 15) is 14.4 Å². The van der Waals surface area contributed by atoms with Crippen LogP contribution in [-0.4, -0.2) is 57.3 Å². The van der Waals surface area contributed by atoms with E-state index >= 15 is 0 Å². The predicted molar refractivity (Wildman–Crippen MR) is 119 cm³/mol. The third kappa shape index (κ3) is 4.04. The van der Waals surface area contributed by atoms with Crippen LogP contribution in [0.5, 0.6) is 0 Å². The molecule has 172 valence electrons. The molecule has 5 rings (SSSR count). The lowest BCUT2D eigenvalue weighted by atomic mass is 10.0. The molecule has 0 spiro atoms. The third-order valence-corrected chi connectivity index (χ3v) is 6.87. The lowest BCUT2D eigenvalue weighted by Crippen LogP contribution is -2.42. The average molecular weight is 535 g/mol. The number of fused-ring (bicyclic) bond motifs is 2. The molecular formula is C22H19BrN2O7S. The van der Waals surface area contributed by atoms with Crippen molar-refractivity contribution in [2.24, 2.45) is 0 Å². The van der Waals surface area contributed by atoms with Gasteiger partial charge < -0.3 is 18.9 Å². The number of hydrogen-bond donors (Lipinski definition) is 0. The maximum Gasteiger partial charge on any atom is 0.303 e. The minimum atomic E-state index is -1.13. The van der Waals surface area contributed by atoms with E-state index in [-0.39, 0.29) is 11.5 Å². The van der Waals surface area contributed by atoms with Crippen molar-refractivity contribution in [3.05, 3.63) is 57.3 Å². The maximum atomic E-state index is 13.4. The highest BCUT2D eigenvalue weighted by Gasteiger charge is 2.58. The van der Waals surface area contributed by atoms with Gasteiger partial charge in [-0.2, -0.15) is 0 Å². The Morgan fingerprint density at radius 3 is 2.61 bits per heavy atom. The van der Waals surface area contributed by atoms with Gasteiger partial charge in [0.1, 0.15) is 5.69 Å². The number of carbonyl (C=O) groups is 3. The van der Waals surface area contributed by atoms with Crippen LogP contribution in [0.15, 0.2) is 41.1 Å². The number of ketones is 2. The molecule has 0 radical (unpaired) electrons. The van der Waals surface area contributed by atoms with E-state index in [2.05, 4.69) is 20.9 Å². The Kier molecular flexibility index (Phi) is 5.49. The smallest absolute Gasteiger partial charge is 0.303 e. The number of Topliss-reactive ketones (excluding diaryl/α,β-unsaturated/α-hetero) is 1. The molecule has 1 aromatic carbocycles. The van der Waals surface area contributed by atoms with E-state index in [4.69, 9.17) is 18.9 Å². The molecular weight excluding hydrogens is 516 g/mol. The summed E-state index contributed by atoms with van der Waals surface area (Å²) in [6.45, 7) is 4.68. The molecule has 0 aliphatic carbocycles. The van der Waals surface area contributed by atoms with Gasteiger partial charge in [0.15, 0.2) is 35.3 Å². The number of aromatic nitrogens is 2. The number of hydrogen-bond acceptors (Lipinski definition) is 9. The number of rotatable bonds is 5. The largest absolute Gasteiger partial charge is 0.456 e. The van der Waals surface area contributed by atoms with Crippen molar-refractivity contribution in [2.75, 3.05) is 0 Å². The molecule has 2 saturated heterocycles. The molecule has 4 atom stereocenters. The van der Waals surface area contributed by atoms with Gasteiger partial charge in [0.2, 0.25) is 11.6 Å². The summed E-state index contributed by atoms with van der Waals surface area (Å²) >= 11 is 4.53. The number of imidazole rings is 1. The van der Waals surface area contributed by atoms with Crippen molar-refractivity contribution < 1.29 is 33.3 Å². The number of nitrogens with zero attached hydrogens (tertiary/aromatic N) is 2. The summed E-state index contributed by atoms with van der Waals surface area (Å²) in [6, 6.07) is 7.01. The Morgan fingerprint density at radius 1 is 1.18 bits per heavy atom. The molecule has 0 N–H and O–H groups in total. The highest BCUT2D eigenvalue weighted by atomic mass is 79.9. The minimum Gasteiger partial charge on any atom is -0.456 e. The van der Waals surface area contributed by atoms with Crippen LogP contribution in [-0.2, 0) is 23.7 Å². The van der Waals surface area contributed by atoms with Crippen LogP contribution in [0.25, 0.3) is 4.96 Å². The normalized spacial score (nSPS) is 25.8. The fourth-order valence-electron chi connectivity index (χ4n) is 3.97. The van der Waals surface area contributed by atoms with Crippen LogP contribution >= 0.6 is 27.3 Å². The van der Waals surface area contributed by atoms with Crippen molar-refractivity contribution >= 4 is 49.8 Å². The zero-order valence-electron chi connectivity index (χ0n) is 17.8. The second-order valence-electron chi connectivity index (χ2n) is 8.19. The first-order valence-electron chi connectivity index (χ1n) is 10.1. The Bertz CT molecular complexity index is 1270. The molecule has 2 fully saturated rings. The van der Waals surface area contributed by atoms with Crippen molar-refractivity contribution in [2.45, 2.75) is 51.2 Å². The van der Waals surface area contributed by atoms with Crippen LogP contribution in [0.3, 0.4) is 0 Å². The Balaban J connectivity index is 1.44. The van der Waals surface area contributed by atoms with E-state index < -0.39 is 42.1 Å². The van der Waals surface area contributed by atoms with Crippen molar-refractivity contribution in [1.82, 2.24) is 9.38 Å². The van der Waals surface area contributed by atoms with E-state index in [0.717, 1.165) is 4.47 Å². The van der Waals surface area contributed by atoms with Gasteiger partial charge in [-0.25, -0.2) is 4.98 Å². The molecule has 0 amide bonds. The lowest BCUT2D eigenvalue weighted by Gasteiger charge is -2.24. The second kappa shape index (κ2) is 8.10. The standard InChI is InChI=1S/C22H19BrN2O7S/c1-10(26)29-18-17(30-20-19(18)31-22(2,3)32-20)16(28)13-8-24-21-25(13)9-14(33-21)15(27)11-4-6-12(23)7-5-11/h4-9,17-20H,1-3H3/t17-,18+,19-,20-/m1/s1. The van der Waals surface area contributed by atoms with Crippen LogP contribution in [0, 0.1) is 0 Å². The van der Waals surface area contributed by atoms with Gasteiger partial charge in [-0.1, -0.05) is 27.3 Å². The molecule has 2 aromatic heterocycles. The Hall–Kier alpha value is -2.44. The molecule has 9 nitrogen and oxygen atoms in total. The predicted octanol–water partition coefficient (Wildman–Crippen LogP) is 3.38. The molecule has 3 aromatic rings. The molecule has 4 heterocycles. The highest BCUT2D eigenvalue weighted by molar-refractivity contribution is 9.10. The Labute approximate surface area is 200 Å². The highest BCUT2D eigenvalue weighted by Crippen LogP contribution is 2.40. The van der Waals surface area contributed by atoms with Gasteiger partial charge in [0, 0.05) is 23.2 Å². The van der Waals surface area contributed by atoms with Crippen molar-refractivity contribution in [1.29, 1.82) is 0 Å². The van der Waals surface area contributed by atoms with Crippen molar-refractivity contribution in [3.8, 4) is 0 Å². The summed E-state index contributed by atoms with van der Waals surface area (Å²) in [6.07, 6.45) is -0.704. The Morgan fingerprint density at radius 2 is 1.91 bits per heavy atom. The fourth-order valence-corrected chi connectivity index (χ4v) is 5.16. The van der Waals surface area contributed by atoms with E-state index in [1.54, 1.807) is 48.7 Å². The van der Waals surface area contributed by atoms with E-state index in [0.29, 0.717) is 15.4 Å². The molecule has 11 heteroatoms. The lowest BCUT2D eigenvalue weighted by molar-refractivity contribution is -0.212. The number of ether oxygens (including phenoxy) is 4. The first kappa shape index (κ1) is 22.4. The molecule has 2 aliphatic rings. The number of benzene rings is 1. The number of halogens is 1. The van der Waals surface area contributed by atoms with Gasteiger partial charge >= 0.3 is 5.97 Å². The monoisotopic (exact) mass is 534 g/mol. The topological polar surface area (TPSA) is 105 Å². The summed E-state index contributed by atoms with van der Waals surface area (Å²) in [4.78, 5) is 43.2. The first-order valence-corrected chi connectivity index (χ1v) is 11.7. The molecule has 2 aliphatic heterocycles. The molecule has 0 bridgehead atoms. The quantitative estimate of drug-likeness (QED) is 0.362. The van der Waals surface area contributed by atoms with Gasteiger partial charge in [0.05, 0.1) is 11.1 Å². The number of carbonyl (C=O) groups excluding carboxylic acids is 3. The number of esters is 1. The van der Waals surface area contributed by atoms with Gasteiger partial charge in [-0.15, -0.1) is 0 Å². The van der Waals surface area contributed by atoms with Crippen LogP contribution in [0.1, 0.15) is 46.5 Å². The van der Waals surface area contributed by atoms with Crippen molar-refractivity contribution in [3.63, 3.8) is 0 Å². The van der Waals surface area contributed by atoms with Gasteiger partial charge in [0.25, 0.3) is 0 Å². The second-order valence-corrected chi connectivity index (χ2v) is 10.1. The summed E-state index contributed by atoms with van der Waals surface area (Å²) in [5, 5.41) is 0. The minimum absolute atomic E-state index is 0.176. The molecule has 0 saturated carbocycles. The summed E-state index contributed by atoms with van der Waals surface area (Å²) in [7, 11) is 0. The van der Waals surface area contributed by atoms with Crippen LogP contribution < -0.4 is 0 Å². The van der Waals surface area contributed by atoms with Gasteiger partial charge in [-0.3, -0.25) is 18.8 Å². The maximum absolute atomic E-state index is 13.4. The summed E-state index contributed by atoms with van der Waals surface area (Å²) in [5.74, 6) is -2.12. The zero-order valence-corrected chi connectivity index (χ0v) is 20.2. The molecule has 0 unspecified atom stereocenters. The van der Waals surface area contributed by atoms with Crippen LogP contribution in [0.4, 0.5) is 0 Å². The molecule has 33 heavy (non-hydrogen) atoms. The zero-order chi connectivity index (χ0) is 23.5. The number of thiazole rings is 1. The summed E-state index contributed by atoms with van der Waals surface area (Å²) < 4.78 is 25.2. The average Bonchev–Trinajstić information content (AvgIpc) is 3.47. The van der Waals surface area contributed by atoms with Crippen LogP contribution in [0.2, 0.25) is 0 Å². The van der Waals surface area contributed by atoms with E-state index in [1.165, 1.54) is 24.5 Å². The summed E-state index contributed by atoms with van der Waals surface area (Å²) in [5.41, 5.74) is 0.729. The fraction of sp³-hybridized carbons (Fsp3) is 0.364.